The van der Waals surface area contributed by atoms with Crippen LogP contribution in [0.15, 0.2) is 34.9 Å². The van der Waals surface area contributed by atoms with E-state index in [1.165, 1.54) is 0 Å². The van der Waals surface area contributed by atoms with Gasteiger partial charge in [0.05, 0.1) is 37.6 Å². The summed E-state index contributed by atoms with van der Waals surface area (Å²) >= 11 is 0. The van der Waals surface area contributed by atoms with Gasteiger partial charge in [0.2, 0.25) is 5.88 Å². The van der Waals surface area contributed by atoms with Gasteiger partial charge in [-0.25, -0.2) is 0 Å². The van der Waals surface area contributed by atoms with E-state index in [4.69, 9.17) is 18.7 Å². The molecule has 0 bridgehead atoms. The van der Waals surface area contributed by atoms with E-state index in [0.717, 1.165) is 61.8 Å². The Hall–Kier alpha value is -1.97. The van der Waals surface area contributed by atoms with Crippen molar-refractivity contribution >= 4 is 5.88 Å². The number of aromatic nitrogens is 1. The minimum Gasteiger partial charge on any atom is -0.389 e. The molecule has 34 heavy (non-hydrogen) atoms. The number of hydrogen-bond acceptors (Lipinski definition) is 8. The summed E-state index contributed by atoms with van der Waals surface area (Å²) in [6.45, 7) is 10.8. The third-order valence-electron chi connectivity index (χ3n) is 6.21. The zero-order valence-electron chi connectivity index (χ0n) is 20.5. The third-order valence-corrected chi connectivity index (χ3v) is 6.21. The first kappa shape index (κ1) is 25.1. The first-order valence-electron chi connectivity index (χ1n) is 12.6. The van der Waals surface area contributed by atoms with Crippen LogP contribution in [0.5, 0.6) is 0 Å². The van der Waals surface area contributed by atoms with Gasteiger partial charge in [-0.2, -0.15) is 0 Å². The quantitative estimate of drug-likeness (QED) is 0.504. The highest BCUT2D eigenvalue weighted by molar-refractivity contribution is 5.68. The summed E-state index contributed by atoms with van der Waals surface area (Å²) < 4.78 is 23.1. The Morgan fingerprint density at radius 3 is 2.65 bits per heavy atom. The molecule has 2 fully saturated rings. The van der Waals surface area contributed by atoms with Gasteiger partial charge in [-0.1, -0.05) is 49.3 Å². The van der Waals surface area contributed by atoms with Crippen LogP contribution >= 0.6 is 0 Å². The molecule has 0 aliphatic carbocycles. The minimum absolute atomic E-state index is 0.177. The van der Waals surface area contributed by atoms with E-state index >= 15 is 0 Å². The Kier molecular flexibility index (Phi) is 9.35. The summed E-state index contributed by atoms with van der Waals surface area (Å²) in [4.78, 5) is 4.48. The largest absolute Gasteiger partial charge is 0.389 e. The number of benzene rings is 1. The molecular weight excluding hydrogens is 434 g/mol. The maximum Gasteiger partial charge on any atom is 0.232 e. The van der Waals surface area contributed by atoms with Crippen LogP contribution in [0.4, 0.5) is 5.88 Å². The number of nitrogens with zero attached hydrogens (tertiary/aromatic N) is 3. The van der Waals surface area contributed by atoms with E-state index < -0.39 is 6.10 Å². The molecule has 0 spiro atoms. The summed E-state index contributed by atoms with van der Waals surface area (Å²) in [6, 6.07) is 10.2. The van der Waals surface area contributed by atoms with Gasteiger partial charge >= 0.3 is 0 Å². The minimum atomic E-state index is -0.577. The standard InChI is InChI=1S/C26H39N3O5/c1-20(2)18-32-19-22(30)15-28(16-23-9-6-12-33-23)17-24-25(21-7-4-3-5-8-21)27-34-26(24)29-10-13-31-14-11-29/h3-5,7-8,20,22-23,30H,6,9-19H2,1-2H3/t22-,23-/m1/s1. The second-order valence-corrected chi connectivity index (χ2v) is 9.69. The van der Waals surface area contributed by atoms with E-state index in [1.54, 1.807) is 0 Å². The molecule has 0 unspecified atom stereocenters. The molecule has 188 valence electrons. The second-order valence-electron chi connectivity index (χ2n) is 9.69. The number of aliphatic hydroxyl groups excluding tert-OH is 1. The molecule has 2 atom stereocenters. The summed E-state index contributed by atoms with van der Waals surface area (Å²) in [7, 11) is 0. The van der Waals surface area contributed by atoms with Crippen LogP contribution in [0, 0.1) is 5.92 Å². The van der Waals surface area contributed by atoms with Crippen LogP contribution < -0.4 is 4.90 Å². The number of morpholine rings is 1. The molecule has 0 saturated carbocycles. The molecule has 0 amide bonds. The smallest absolute Gasteiger partial charge is 0.232 e. The van der Waals surface area contributed by atoms with Crippen molar-refractivity contribution < 1.29 is 23.8 Å². The van der Waals surface area contributed by atoms with E-state index in [-0.39, 0.29) is 6.10 Å². The van der Waals surface area contributed by atoms with Gasteiger partial charge in [-0.15, -0.1) is 0 Å². The zero-order chi connectivity index (χ0) is 23.8. The van der Waals surface area contributed by atoms with Gasteiger partial charge in [0.25, 0.3) is 0 Å². The van der Waals surface area contributed by atoms with E-state index in [1.807, 2.05) is 18.2 Å². The van der Waals surface area contributed by atoms with Crippen LogP contribution in [-0.4, -0.2) is 86.6 Å². The molecular formula is C26H39N3O5. The van der Waals surface area contributed by atoms with E-state index in [2.05, 4.69) is 40.9 Å². The number of aliphatic hydroxyl groups is 1. The fourth-order valence-corrected chi connectivity index (χ4v) is 4.57. The highest BCUT2D eigenvalue weighted by atomic mass is 16.5. The molecule has 1 aromatic carbocycles. The van der Waals surface area contributed by atoms with Crippen molar-refractivity contribution in [2.75, 3.05) is 64.1 Å². The first-order chi connectivity index (χ1) is 16.6. The lowest BCUT2D eigenvalue weighted by Crippen LogP contribution is -2.40. The third kappa shape index (κ3) is 7.02. The Balaban J connectivity index is 1.55. The molecule has 4 rings (SSSR count). The van der Waals surface area contributed by atoms with E-state index in [9.17, 15) is 5.11 Å². The normalized spacial score (nSPS) is 19.9. The Morgan fingerprint density at radius 2 is 1.94 bits per heavy atom. The molecule has 0 radical (unpaired) electrons. The molecule has 1 aromatic heterocycles. The van der Waals surface area contributed by atoms with Gasteiger partial charge in [-0.3, -0.25) is 4.90 Å². The number of anilines is 1. The fraction of sp³-hybridized carbons (Fsp3) is 0.654. The van der Waals surface area contributed by atoms with Crippen molar-refractivity contribution in [3.05, 3.63) is 35.9 Å². The number of hydrogen-bond donors (Lipinski definition) is 1. The second kappa shape index (κ2) is 12.7. The molecule has 1 N–H and O–H groups in total. The number of rotatable bonds is 12. The van der Waals surface area contributed by atoms with Gasteiger partial charge < -0.3 is 28.7 Å². The molecule has 2 aromatic rings. The average Bonchev–Trinajstić information content (AvgIpc) is 3.50. The highest BCUT2D eigenvalue weighted by Crippen LogP contribution is 2.33. The van der Waals surface area contributed by atoms with Crippen molar-refractivity contribution in [3.63, 3.8) is 0 Å². The predicted molar refractivity (Wildman–Crippen MR) is 131 cm³/mol. The Morgan fingerprint density at radius 1 is 1.15 bits per heavy atom. The summed E-state index contributed by atoms with van der Waals surface area (Å²) in [6.07, 6.45) is 1.73. The van der Waals surface area contributed by atoms with Crippen molar-refractivity contribution in [3.8, 4) is 11.3 Å². The van der Waals surface area contributed by atoms with Crippen molar-refractivity contribution in [1.82, 2.24) is 10.1 Å². The van der Waals surface area contributed by atoms with E-state index in [0.29, 0.717) is 45.4 Å². The SMILES string of the molecule is CC(C)COC[C@H](O)CN(Cc1c(-c2ccccc2)noc1N1CCOCC1)C[C@H]1CCCO1. The molecule has 3 heterocycles. The van der Waals surface area contributed by atoms with Gasteiger partial charge in [0, 0.05) is 51.5 Å². The van der Waals surface area contributed by atoms with Gasteiger partial charge in [-0.05, 0) is 18.8 Å². The maximum atomic E-state index is 10.8. The molecule has 8 heteroatoms. The molecule has 2 aliphatic heterocycles. The monoisotopic (exact) mass is 473 g/mol. The lowest BCUT2D eigenvalue weighted by molar-refractivity contribution is -0.00389. The van der Waals surface area contributed by atoms with Crippen LogP contribution in [0.25, 0.3) is 11.3 Å². The topological polar surface area (TPSA) is 80.4 Å². The summed E-state index contributed by atoms with van der Waals surface area (Å²) in [5.41, 5.74) is 2.92. The Bertz CT molecular complexity index is 847. The maximum absolute atomic E-state index is 10.8. The Labute approximate surface area is 202 Å². The van der Waals surface area contributed by atoms with Gasteiger partial charge in [0.15, 0.2) is 0 Å². The highest BCUT2D eigenvalue weighted by Gasteiger charge is 2.28. The molecule has 8 nitrogen and oxygen atoms in total. The lowest BCUT2D eigenvalue weighted by atomic mass is 10.1. The van der Waals surface area contributed by atoms with Crippen LogP contribution in [0.1, 0.15) is 32.3 Å². The van der Waals surface area contributed by atoms with Gasteiger partial charge in [0.1, 0.15) is 5.69 Å². The summed E-state index contributed by atoms with van der Waals surface area (Å²) in [5.74, 6) is 1.24. The molecule has 2 saturated heterocycles. The lowest BCUT2D eigenvalue weighted by Gasteiger charge is -2.30. The van der Waals surface area contributed by atoms with Crippen LogP contribution in [0.3, 0.4) is 0 Å². The molecule has 2 aliphatic rings. The van der Waals surface area contributed by atoms with Crippen LogP contribution in [0.2, 0.25) is 0 Å². The fourth-order valence-electron chi connectivity index (χ4n) is 4.57. The number of ether oxygens (including phenoxy) is 3. The average molecular weight is 474 g/mol. The van der Waals surface area contributed by atoms with Crippen molar-refractivity contribution in [2.45, 2.75) is 45.4 Å². The summed E-state index contributed by atoms with van der Waals surface area (Å²) in [5, 5.41) is 15.3. The van der Waals surface area contributed by atoms with Crippen LogP contribution in [-0.2, 0) is 20.8 Å². The van der Waals surface area contributed by atoms with Crippen molar-refractivity contribution in [1.29, 1.82) is 0 Å². The van der Waals surface area contributed by atoms with Crippen molar-refractivity contribution in [2.24, 2.45) is 5.92 Å². The first-order valence-corrected chi connectivity index (χ1v) is 12.6. The zero-order valence-corrected chi connectivity index (χ0v) is 20.5. The predicted octanol–water partition coefficient (Wildman–Crippen LogP) is 3.19.